The van der Waals surface area contributed by atoms with Crippen LogP contribution in [0.5, 0.6) is 0 Å². The second-order valence-corrected chi connectivity index (χ2v) is 6.07. The number of rotatable bonds is 3. The molecular formula is C17H19FN2O4. The van der Waals surface area contributed by atoms with Gasteiger partial charge in [0.1, 0.15) is 11.9 Å². The number of para-hydroxylation sites is 1. The zero-order valence-electron chi connectivity index (χ0n) is 13.4. The van der Waals surface area contributed by atoms with E-state index in [-0.39, 0.29) is 30.5 Å². The van der Waals surface area contributed by atoms with Crippen LogP contribution >= 0.6 is 0 Å². The van der Waals surface area contributed by atoms with Crippen LogP contribution in [0.3, 0.4) is 0 Å². The van der Waals surface area contributed by atoms with E-state index in [2.05, 4.69) is 0 Å². The van der Waals surface area contributed by atoms with Gasteiger partial charge in [-0.1, -0.05) is 12.1 Å². The summed E-state index contributed by atoms with van der Waals surface area (Å²) in [6, 6.07) is 5.42. The number of halogens is 1. The fourth-order valence-corrected chi connectivity index (χ4v) is 3.42. The van der Waals surface area contributed by atoms with Crippen molar-refractivity contribution in [3.05, 3.63) is 30.1 Å². The minimum atomic E-state index is -0.583. The number of hydrogen-bond acceptors (Lipinski definition) is 4. The van der Waals surface area contributed by atoms with E-state index in [9.17, 15) is 18.8 Å². The highest BCUT2D eigenvalue weighted by Gasteiger charge is 2.42. The molecule has 128 valence electrons. The minimum Gasteiger partial charge on any atom is -0.467 e. The van der Waals surface area contributed by atoms with Gasteiger partial charge >= 0.3 is 5.97 Å². The number of methoxy groups -OCH3 is 1. The third-order valence-electron chi connectivity index (χ3n) is 4.63. The Kier molecular flexibility index (Phi) is 4.51. The first kappa shape index (κ1) is 16.4. The summed E-state index contributed by atoms with van der Waals surface area (Å²) in [5.74, 6) is -2.02. The molecule has 2 amide bonds. The Morgan fingerprint density at radius 2 is 2.04 bits per heavy atom. The Labute approximate surface area is 139 Å². The molecule has 24 heavy (non-hydrogen) atoms. The molecule has 2 saturated heterocycles. The molecule has 0 aliphatic carbocycles. The summed E-state index contributed by atoms with van der Waals surface area (Å²) < 4.78 is 18.7. The monoisotopic (exact) mass is 334 g/mol. The lowest BCUT2D eigenvalue weighted by Crippen LogP contribution is -2.44. The maximum absolute atomic E-state index is 13.9. The van der Waals surface area contributed by atoms with Gasteiger partial charge in [0.2, 0.25) is 11.8 Å². The molecule has 0 aromatic heterocycles. The summed E-state index contributed by atoms with van der Waals surface area (Å²) in [7, 11) is 1.29. The first-order valence-corrected chi connectivity index (χ1v) is 7.96. The van der Waals surface area contributed by atoms with Gasteiger partial charge in [-0.25, -0.2) is 9.18 Å². The van der Waals surface area contributed by atoms with E-state index in [1.54, 1.807) is 12.1 Å². The Morgan fingerprint density at radius 3 is 2.75 bits per heavy atom. The van der Waals surface area contributed by atoms with Crippen LogP contribution in [-0.4, -0.2) is 48.9 Å². The second-order valence-electron chi connectivity index (χ2n) is 6.07. The molecule has 7 heteroatoms. The van der Waals surface area contributed by atoms with Crippen molar-refractivity contribution in [1.82, 2.24) is 4.90 Å². The molecule has 1 aromatic carbocycles. The predicted octanol–water partition coefficient (Wildman–Crippen LogP) is 1.34. The largest absolute Gasteiger partial charge is 0.467 e. The zero-order valence-corrected chi connectivity index (χ0v) is 13.4. The Balaban J connectivity index is 1.75. The van der Waals surface area contributed by atoms with Gasteiger partial charge < -0.3 is 14.5 Å². The summed E-state index contributed by atoms with van der Waals surface area (Å²) in [5, 5.41) is 0. The number of benzene rings is 1. The summed E-state index contributed by atoms with van der Waals surface area (Å²) in [5.41, 5.74) is 0.184. The molecule has 0 bridgehead atoms. The van der Waals surface area contributed by atoms with Gasteiger partial charge in [0.15, 0.2) is 0 Å². The van der Waals surface area contributed by atoms with Gasteiger partial charge in [0.25, 0.3) is 0 Å². The number of esters is 1. The van der Waals surface area contributed by atoms with Gasteiger partial charge in [0.05, 0.1) is 18.7 Å². The number of anilines is 1. The van der Waals surface area contributed by atoms with Crippen LogP contribution < -0.4 is 4.90 Å². The summed E-state index contributed by atoms with van der Waals surface area (Å²) in [4.78, 5) is 39.6. The number of amides is 2. The van der Waals surface area contributed by atoms with E-state index in [1.807, 2.05) is 0 Å². The van der Waals surface area contributed by atoms with E-state index >= 15 is 0 Å². The average Bonchev–Trinajstić information content (AvgIpc) is 3.21. The molecule has 2 aliphatic heterocycles. The number of hydrogen-bond donors (Lipinski definition) is 0. The lowest BCUT2D eigenvalue weighted by atomic mass is 10.1. The molecule has 0 radical (unpaired) electrons. The third kappa shape index (κ3) is 2.86. The lowest BCUT2D eigenvalue weighted by molar-refractivity contribution is -0.152. The van der Waals surface area contributed by atoms with Crippen molar-refractivity contribution < 1.29 is 23.5 Å². The summed E-state index contributed by atoms with van der Waals surface area (Å²) in [6.45, 7) is 0.603. The molecule has 1 aromatic rings. The van der Waals surface area contributed by atoms with Crippen molar-refractivity contribution in [1.29, 1.82) is 0 Å². The standard InChI is InChI=1S/C17H19FN2O4/c1-24-17(23)14-7-4-8-19(14)16(22)11-9-15(21)20(10-11)13-6-3-2-5-12(13)18/h2-3,5-6,11,14H,4,7-10H2,1H3/t11-,14+/m0/s1. The summed E-state index contributed by atoms with van der Waals surface area (Å²) >= 11 is 0. The van der Waals surface area contributed by atoms with Crippen molar-refractivity contribution in [3.8, 4) is 0 Å². The SMILES string of the molecule is COC(=O)[C@H]1CCCN1C(=O)[C@H]1CC(=O)N(c2ccccc2F)C1. The Morgan fingerprint density at radius 1 is 1.29 bits per heavy atom. The van der Waals surface area contributed by atoms with Gasteiger partial charge in [-0.05, 0) is 25.0 Å². The lowest BCUT2D eigenvalue weighted by Gasteiger charge is -2.25. The summed E-state index contributed by atoms with van der Waals surface area (Å²) in [6.07, 6.45) is 1.32. The number of carbonyl (C=O) groups excluding carboxylic acids is 3. The highest BCUT2D eigenvalue weighted by atomic mass is 19.1. The van der Waals surface area contributed by atoms with Crippen LogP contribution in [0, 0.1) is 11.7 Å². The minimum absolute atomic E-state index is 0.0254. The van der Waals surface area contributed by atoms with E-state index in [0.29, 0.717) is 13.0 Å². The third-order valence-corrected chi connectivity index (χ3v) is 4.63. The number of likely N-dealkylation sites (tertiary alicyclic amines) is 1. The molecule has 2 heterocycles. The number of ether oxygens (including phenoxy) is 1. The maximum atomic E-state index is 13.9. The number of carbonyl (C=O) groups is 3. The van der Waals surface area contributed by atoms with Gasteiger partial charge in [-0.2, -0.15) is 0 Å². The molecule has 0 N–H and O–H groups in total. The van der Waals surface area contributed by atoms with Crippen LogP contribution in [0.15, 0.2) is 24.3 Å². The first-order chi connectivity index (χ1) is 11.5. The predicted molar refractivity (Wildman–Crippen MR) is 83.6 cm³/mol. The zero-order chi connectivity index (χ0) is 17.3. The van der Waals surface area contributed by atoms with Gasteiger partial charge in [0, 0.05) is 19.5 Å². The van der Waals surface area contributed by atoms with Crippen molar-refractivity contribution in [2.75, 3.05) is 25.1 Å². The maximum Gasteiger partial charge on any atom is 0.328 e. The van der Waals surface area contributed by atoms with Crippen LogP contribution in [0.4, 0.5) is 10.1 Å². The molecule has 6 nitrogen and oxygen atoms in total. The van der Waals surface area contributed by atoms with E-state index in [0.717, 1.165) is 6.42 Å². The molecule has 3 rings (SSSR count). The van der Waals surface area contributed by atoms with E-state index in [1.165, 1.54) is 29.0 Å². The number of nitrogens with zero attached hydrogens (tertiary/aromatic N) is 2. The first-order valence-electron chi connectivity index (χ1n) is 7.96. The van der Waals surface area contributed by atoms with Crippen molar-refractivity contribution >= 4 is 23.5 Å². The highest BCUT2D eigenvalue weighted by molar-refractivity contribution is 6.01. The smallest absolute Gasteiger partial charge is 0.328 e. The van der Waals surface area contributed by atoms with Crippen LogP contribution in [0.25, 0.3) is 0 Å². The molecule has 2 atom stereocenters. The molecule has 0 unspecified atom stereocenters. The molecular weight excluding hydrogens is 315 g/mol. The highest BCUT2D eigenvalue weighted by Crippen LogP contribution is 2.30. The van der Waals surface area contributed by atoms with E-state index in [4.69, 9.17) is 4.74 Å². The van der Waals surface area contributed by atoms with Crippen LogP contribution in [0.1, 0.15) is 19.3 Å². The van der Waals surface area contributed by atoms with Crippen LogP contribution in [-0.2, 0) is 19.1 Å². The fourth-order valence-electron chi connectivity index (χ4n) is 3.42. The topological polar surface area (TPSA) is 66.9 Å². The second kappa shape index (κ2) is 6.59. The van der Waals surface area contributed by atoms with Crippen molar-refractivity contribution in [2.24, 2.45) is 5.92 Å². The molecule has 0 spiro atoms. The fraction of sp³-hybridized carbons (Fsp3) is 0.471. The van der Waals surface area contributed by atoms with Gasteiger partial charge in [-0.15, -0.1) is 0 Å². The molecule has 2 aliphatic rings. The Bertz CT molecular complexity index is 678. The quantitative estimate of drug-likeness (QED) is 0.783. The Hall–Kier alpha value is -2.44. The molecule has 2 fully saturated rings. The van der Waals surface area contributed by atoms with E-state index < -0.39 is 23.7 Å². The molecule has 0 saturated carbocycles. The van der Waals surface area contributed by atoms with Crippen LogP contribution in [0.2, 0.25) is 0 Å². The average molecular weight is 334 g/mol. The normalized spacial score (nSPS) is 23.7. The van der Waals surface area contributed by atoms with Crippen molar-refractivity contribution in [3.63, 3.8) is 0 Å². The van der Waals surface area contributed by atoms with Gasteiger partial charge in [-0.3, -0.25) is 9.59 Å². The van der Waals surface area contributed by atoms with Crippen molar-refractivity contribution in [2.45, 2.75) is 25.3 Å².